The lowest BCUT2D eigenvalue weighted by Gasteiger charge is -2.15. The Labute approximate surface area is 125 Å². The number of nitrogens with zero attached hydrogens (tertiary/aromatic N) is 2. The van der Waals surface area contributed by atoms with E-state index in [4.69, 9.17) is 4.74 Å². The number of benzene rings is 1. The second kappa shape index (κ2) is 6.88. The van der Waals surface area contributed by atoms with E-state index in [1.165, 1.54) is 30.0 Å². The van der Waals surface area contributed by atoms with Crippen molar-refractivity contribution in [2.45, 2.75) is 19.6 Å². The van der Waals surface area contributed by atoms with Gasteiger partial charge in [-0.05, 0) is 25.1 Å². The second-order valence-electron chi connectivity index (χ2n) is 4.40. The van der Waals surface area contributed by atoms with Crippen molar-refractivity contribution in [3.05, 3.63) is 36.7 Å². The van der Waals surface area contributed by atoms with Gasteiger partial charge in [0.1, 0.15) is 6.04 Å². The summed E-state index contributed by atoms with van der Waals surface area (Å²) in [6, 6.07) is 5.40. The number of rotatable bonds is 6. The summed E-state index contributed by atoms with van der Waals surface area (Å²) in [5.41, 5.74) is 0.320. The molecule has 2 rings (SSSR count). The van der Waals surface area contributed by atoms with Crippen LogP contribution in [0.15, 0.2) is 36.7 Å². The minimum atomic E-state index is -2.98. The van der Waals surface area contributed by atoms with Gasteiger partial charge in [-0.2, -0.15) is 13.9 Å². The number of methoxy groups -OCH3 is 1. The molecule has 8 heteroatoms. The molecule has 1 heterocycles. The molecule has 0 bridgehead atoms. The van der Waals surface area contributed by atoms with E-state index in [0.29, 0.717) is 5.69 Å². The Morgan fingerprint density at radius 2 is 2.14 bits per heavy atom. The minimum Gasteiger partial charge on any atom is -0.493 e. The summed E-state index contributed by atoms with van der Waals surface area (Å²) in [7, 11) is 1.34. The maximum atomic E-state index is 12.4. The molecule has 22 heavy (non-hydrogen) atoms. The molecule has 1 amide bonds. The molecule has 0 spiro atoms. The van der Waals surface area contributed by atoms with Gasteiger partial charge in [0.05, 0.1) is 7.11 Å². The average molecular weight is 311 g/mol. The first-order valence-corrected chi connectivity index (χ1v) is 6.44. The number of ether oxygens (including phenoxy) is 2. The molecule has 1 N–H and O–H groups in total. The summed E-state index contributed by atoms with van der Waals surface area (Å²) < 4.78 is 35.5. The summed E-state index contributed by atoms with van der Waals surface area (Å²) in [6.07, 6.45) is 3.22. The van der Waals surface area contributed by atoms with E-state index in [1.54, 1.807) is 25.4 Å². The van der Waals surface area contributed by atoms with Gasteiger partial charge >= 0.3 is 6.61 Å². The molecule has 0 saturated carbocycles. The molecular weight excluding hydrogens is 296 g/mol. The zero-order chi connectivity index (χ0) is 16.1. The van der Waals surface area contributed by atoms with Gasteiger partial charge in [0.25, 0.3) is 0 Å². The number of nitrogens with one attached hydrogen (secondary N) is 1. The summed E-state index contributed by atoms with van der Waals surface area (Å²) in [5.74, 6) is -0.336. The van der Waals surface area contributed by atoms with E-state index in [-0.39, 0.29) is 17.4 Å². The fourth-order valence-electron chi connectivity index (χ4n) is 1.82. The average Bonchev–Trinajstić information content (AvgIpc) is 3.00. The van der Waals surface area contributed by atoms with E-state index in [2.05, 4.69) is 15.2 Å². The van der Waals surface area contributed by atoms with Gasteiger partial charge in [-0.3, -0.25) is 9.48 Å². The van der Waals surface area contributed by atoms with E-state index >= 15 is 0 Å². The van der Waals surface area contributed by atoms with Crippen molar-refractivity contribution < 1.29 is 23.0 Å². The van der Waals surface area contributed by atoms with Crippen molar-refractivity contribution in [2.24, 2.45) is 0 Å². The van der Waals surface area contributed by atoms with Gasteiger partial charge in [-0.1, -0.05) is 0 Å². The Morgan fingerprint density at radius 3 is 2.73 bits per heavy atom. The highest BCUT2D eigenvalue weighted by atomic mass is 19.3. The van der Waals surface area contributed by atoms with Crippen LogP contribution in [-0.2, 0) is 4.79 Å². The van der Waals surface area contributed by atoms with Crippen LogP contribution in [-0.4, -0.2) is 29.4 Å². The third-order valence-electron chi connectivity index (χ3n) is 2.95. The third kappa shape index (κ3) is 3.72. The standard InChI is InChI=1S/C14H15F2N3O3/c1-9(19-7-3-6-17-19)13(20)18-10-4-5-11(21-2)12(8-10)22-14(15)16/h3-9,14H,1-2H3,(H,18,20)/t9-/m1/s1. The number of aromatic nitrogens is 2. The Bertz CT molecular complexity index is 632. The van der Waals surface area contributed by atoms with Gasteiger partial charge in [-0.25, -0.2) is 0 Å². The molecule has 1 aromatic carbocycles. The molecule has 0 aliphatic carbocycles. The molecular formula is C14H15F2N3O3. The maximum Gasteiger partial charge on any atom is 0.387 e. The molecule has 1 aromatic heterocycles. The Kier molecular flexibility index (Phi) is 4.92. The zero-order valence-electron chi connectivity index (χ0n) is 12.0. The van der Waals surface area contributed by atoms with E-state index in [9.17, 15) is 13.6 Å². The Balaban J connectivity index is 2.13. The number of carbonyl (C=O) groups is 1. The molecule has 0 radical (unpaired) electrons. The first-order valence-electron chi connectivity index (χ1n) is 6.44. The summed E-state index contributed by atoms with van der Waals surface area (Å²) in [6.45, 7) is -1.31. The molecule has 0 saturated heterocycles. The smallest absolute Gasteiger partial charge is 0.387 e. The fraction of sp³-hybridized carbons (Fsp3) is 0.286. The number of alkyl halides is 2. The monoisotopic (exact) mass is 311 g/mol. The molecule has 0 aliphatic rings. The predicted octanol–water partition coefficient (Wildman–Crippen LogP) is 2.69. The van der Waals surface area contributed by atoms with Crippen LogP contribution < -0.4 is 14.8 Å². The van der Waals surface area contributed by atoms with E-state index < -0.39 is 12.7 Å². The topological polar surface area (TPSA) is 65.4 Å². The van der Waals surface area contributed by atoms with Crippen molar-refractivity contribution in [1.82, 2.24) is 9.78 Å². The quantitative estimate of drug-likeness (QED) is 0.891. The highest BCUT2D eigenvalue weighted by molar-refractivity contribution is 5.93. The molecule has 6 nitrogen and oxygen atoms in total. The number of carbonyl (C=O) groups excluding carboxylic acids is 1. The van der Waals surface area contributed by atoms with Gasteiger partial charge in [-0.15, -0.1) is 0 Å². The molecule has 0 unspecified atom stereocenters. The first-order chi connectivity index (χ1) is 10.5. The van der Waals surface area contributed by atoms with Crippen molar-refractivity contribution in [3.8, 4) is 11.5 Å². The largest absolute Gasteiger partial charge is 0.493 e. The van der Waals surface area contributed by atoms with Crippen molar-refractivity contribution in [1.29, 1.82) is 0 Å². The van der Waals surface area contributed by atoms with Crippen molar-refractivity contribution in [3.63, 3.8) is 0 Å². The lowest BCUT2D eigenvalue weighted by atomic mass is 10.2. The van der Waals surface area contributed by atoms with Crippen molar-refractivity contribution >= 4 is 11.6 Å². The van der Waals surface area contributed by atoms with Gasteiger partial charge in [0, 0.05) is 24.1 Å². The van der Waals surface area contributed by atoms with Crippen LogP contribution in [0.5, 0.6) is 11.5 Å². The molecule has 118 valence electrons. The number of amides is 1. The van der Waals surface area contributed by atoms with Gasteiger partial charge in [0.15, 0.2) is 11.5 Å². The number of halogens is 2. The highest BCUT2D eigenvalue weighted by Crippen LogP contribution is 2.31. The van der Waals surface area contributed by atoms with Crippen LogP contribution in [0.3, 0.4) is 0 Å². The molecule has 1 atom stereocenters. The fourth-order valence-corrected chi connectivity index (χ4v) is 1.82. The number of hydrogen-bond donors (Lipinski definition) is 1. The highest BCUT2D eigenvalue weighted by Gasteiger charge is 2.17. The normalized spacial score (nSPS) is 12.0. The Hall–Kier alpha value is -2.64. The summed E-state index contributed by atoms with van der Waals surface area (Å²) in [5, 5.41) is 6.59. The predicted molar refractivity (Wildman–Crippen MR) is 75.2 cm³/mol. The van der Waals surface area contributed by atoms with Crippen LogP contribution in [0.2, 0.25) is 0 Å². The van der Waals surface area contributed by atoms with Crippen LogP contribution in [0, 0.1) is 0 Å². The minimum absolute atomic E-state index is 0.151. The van der Waals surface area contributed by atoms with Crippen molar-refractivity contribution in [2.75, 3.05) is 12.4 Å². The molecule has 0 aliphatic heterocycles. The SMILES string of the molecule is COc1ccc(NC(=O)[C@@H](C)n2cccn2)cc1OC(F)F. The first kappa shape index (κ1) is 15.7. The van der Waals surface area contributed by atoms with Crippen LogP contribution in [0.4, 0.5) is 14.5 Å². The van der Waals surface area contributed by atoms with Gasteiger partial charge in [0.2, 0.25) is 5.91 Å². The van der Waals surface area contributed by atoms with Crippen LogP contribution in [0.1, 0.15) is 13.0 Å². The van der Waals surface area contributed by atoms with Crippen LogP contribution in [0.25, 0.3) is 0 Å². The molecule has 0 fully saturated rings. The second-order valence-corrected chi connectivity index (χ2v) is 4.40. The Morgan fingerprint density at radius 1 is 1.36 bits per heavy atom. The maximum absolute atomic E-state index is 12.4. The zero-order valence-corrected chi connectivity index (χ0v) is 12.0. The molecule has 2 aromatic rings. The lowest BCUT2D eigenvalue weighted by Crippen LogP contribution is -2.24. The number of hydrogen-bond acceptors (Lipinski definition) is 4. The summed E-state index contributed by atoms with van der Waals surface area (Å²) >= 11 is 0. The lowest BCUT2D eigenvalue weighted by molar-refractivity contribution is -0.119. The van der Waals surface area contributed by atoms with E-state index in [0.717, 1.165) is 0 Å². The van der Waals surface area contributed by atoms with Gasteiger partial charge < -0.3 is 14.8 Å². The third-order valence-corrected chi connectivity index (χ3v) is 2.95. The number of anilines is 1. The van der Waals surface area contributed by atoms with E-state index in [1.807, 2.05) is 0 Å². The summed E-state index contributed by atoms with van der Waals surface area (Å²) in [4.78, 5) is 12.1. The van der Waals surface area contributed by atoms with Crippen LogP contribution >= 0.6 is 0 Å².